The minimum absolute atomic E-state index is 0.148. The van der Waals surface area contributed by atoms with Crippen LogP contribution < -0.4 is 5.32 Å². The van der Waals surface area contributed by atoms with Crippen molar-refractivity contribution in [3.05, 3.63) is 33.8 Å². The molecule has 0 saturated heterocycles. The largest absolute Gasteiger partial charge is 0.388 e. The van der Waals surface area contributed by atoms with Gasteiger partial charge in [-0.05, 0) is 38.0 Å². The summed E-state index contributed by atoms with van der Waals surface area (Å²) in [6.45, 7) is 5.91. The minimum atomic E-state index is -0.843. The van der Waals surface area contributed by atoms with Crippen molar-refractivity contribution < 1.29 is 9.90 Å². The van der Waals surface area contributed by atoms with Gasteiger partial charge >= 0.3 is 0 Å². The number of aliphatic hydroxyl groups is 1. The number of benzene rings is 1. The molecule has 0 aromatic heterocycles. The van der Waals surface area contributed by atoms with E-state index in [4.69, 9.17) is 0 Å². The quantitative estimate of drug-likeness (QED) is 0.877. The summed E-state index contributed by atoms with van der Waals surface area (Å²) in [7, 11) is 0. The Morgan fingerprint density at radius 3 is 2.78 bits per heavy atom. The summed E-state index contributed by atoms with van der Waals surface area (Å²) in [6, 6.07) is 5.51. The van der Waals surface area contributed by atoms with Gasteiger partial charge in [0.1, 0.15) is 0 Å². The van der Waals surface area contributed by atoms with Crippen LogP contribution in [0, 0.1) is 6.92 Å². The number of amides is 1. The van der Waals surface area contributed by atoms with E-state index in [1.54, 1.807) is 13.0 Å². The summed E-state index contributed by atoms with van der Waals surface area (Å²) >= 11 is 3.40. The lowest BCUT2D eigenvalue weighted by molar-refractivity contribution is 0.0469. The SMILES string of the molecule is CCCC(C)(O)CNC(=O)c1cccc(Br)c1C. The summed E-state index contributed by atoms with van der Waals surface area (Å²) in [6.07, 6.45) is 1.56. The van der Waals surface area contributed by atoms with Crippen LogP contribution in [-0.2, 0) is 0 Å². The first-order chi connectivity index (χ1) is 8.37. The molecule has 0 aliphatic heterocycles. The molecular formula is C14H20BrNO2. The van der Waals surface area contributed by atoms with Gasteiger partial charge in [0.2, 0.25) is 0 Å². The van der Waals surface area contributed by atoms with E-state index in [-0.39, 0.29) is 12.5 Å². The predicted molar refractivity (Wildman–Crippen MR) is 76.7 cm³/mol. The van der Waals surface area contributed by atoms with Gasteiger partial charge in [0, 0.05) is 16.6 Å². The maximum absolute atomic E-state index is 12.0. The smallest absolute Gasteiger partial charge is 0.251 e. The van der Waals surface area contributed by atoms with Crippen LogP contribution in [0.4, 0.5) is 0 Å². The molecule has 18 heavy (non-hydrogen) atoms. The molecule has 0 aliphatic rings. The highest BCUT2D eigenvalue weighted by Crippen LogP contribution is 2.19. The first kappa shape index (κ1) is 15.2. The molecule has 1 rings (SSSR count). The predicted octanol–water partition coefficient (Wildman–Crippen LogP) is 3.04. The lowest BCUT2D eigenvalue weighted by atomic mass is 10.0. The van der Waals surface area contributed by atoms with Crippen molar-refractivity contribution in [2.45, 2.75) is 39.2 Å². The van der Waals surface area contributed by atoms with Crippen LogP contribution in [0.1, 0.15) is 42.6 Å². The highest BCUT2D eigenvalue weighted by molar-refractivity contribution is 9.10. The molecule has 1 aromatic rings. The standard InChI is InChI=1S/C14H20BrNO2/c1-4-8-14(3,18)9-16-13(17)11-6-5-7-12(15)10(11)2/h5-7,18H,4,8-9H2,1-3H3,(H,16,17). The normalized spacial score (nSPS) is 14.1. The van der Waals surface area contributed by atoms with Crippen LogP contribution in [0.2, 0.25) is 0 Å². The Hall–Kier alpha value is -0.870. The Labute approximate surface area is 117 Å². The monoisotopic (exact) mass is 313 g/mol. The Morgan fingerprint density at radius 1 is 1.50 bits per heavy atom. The molecule has 1 atom stereocenters. The Morgan fingerprint density at radius 2 is 2.17 bits per heavy atom. The van der Waals surface area contributed by atoms with E-state index >= 15 is 0 Å². The van der Waals surface area contributed by atoms with Gasteiger partial charge in [-0.3, -0.25) is 4.79 Å². The zero-order valence-electron chi connectivity index (χ0n) is 11.1. The van der Waals surface area contributed by atoms with Crippen LogP contribution in [-0.4, -0.2) is 23.2 Å². The zero-order valence-corrected chi connectivity index (χ0v) is 12.7. The van der Waals surface area contributed by atoms with Crippen LogP contribution in [0.25, 0.3) is 0 Å². The molecule has 3 nitrogen and oxygen atoms in total. The molecule has 100 valence electrons. The summed E-state index contributed by atoms with van der Waals surface area (Å²) in [5.74, 6) is -0.148. The summed E-state index contributed by atoms with van der Waals surface area (Å²) < 4.78 is 0.912. The minimum Gasteiger partial charge on any atom is -0.388 e. The molecule has 0 saturated carbocycles. The fraction of sp³-hybridized carbons (Fsp3) is 0.500. The first-order valence-electron chi connectivity index (χ1n) is 6.13. The van der Waals surface area contributed by atoms with E-state index in [2.05, 4.69) is 21.2 Å². The molecule has 0 aliphatic carbocycles. The number of halogens is 1. The Kier molecular flexibility index (Phi) is 5.35. The van der Waals surface area contributed by atoms with Crippen molar-refractivity contribution in [3.8, 4) is 0 Å². The van der Waals surface area contributed by atoms with E-state index in [1.165, 1.54) is 0 Å². The second-order valence-corrected chi connectivity index (χ2v) is 5.70. The highest BCUT2D eigenvalue weighted by atomic mass is 79.9. The summed E-state index contributed by atoms with van der Waals surface area (Å²) in [5.41, 5.74) is 0.700. The molecule has 0 bridgehead atoms. The van der Waals surface area contributed by atoms with Crippen molar-refractivity contribution in [2.24, 2.45) is 0 Å². The van der Waals surface area contributed by atoms with Crippen LogP contribution in [0.3, 0.4) is 0 Å². The third kappa shape index (κ3) is 4.10. The van der Waals surface area contributed by atoms with Gasteiger partial charge in [-0.2, -0.15) is 0 Å². The molecule has 0 spiro atoms. The van der Waals surface area contributed by atoms with Crippen LogP contribution >= 0.6 is 15.9 Å². The fourth-order valence-corrected chi connectivity index (χ4v) is 2.21. The van der Waals surface area contributed by atoms with Gasteiger partial charge < -0.3 is 10.4 Å². The van der Waals surface area contributed by atoms with E-state index in [1.807, 2.05) is 26.0 Å². The molecular weight excluding hydrogens is 294 g/mol. The van der Waals surface area contributed by atoms with Gasteiger partial charge in [-0.1, -0.05) is 35.3 Å². The number of hydrogen-bond donors (Lipinski definition) is 2. The van der Waals surface area contributed by atoms with Gasteiger partial charge in [0.05, 0.1) is 5.60 Å². The second kappa shape index (κ2) is 6.34. The topological polar surface area (TPSA) is 49.3 Å². The van der Waals surface area contributed by atoms with E-state index < -0.39 is 5.60 Å². The lowest BCUT2D eigenvalue weighted by Crippen LogP contribution is -2.40. The van der Waals surface area contributed by atoms with Gasteiger partial charge in [-0.15, -0.1) is 0 Å². The van der Waals surface area contributed by atoms with Crippen LogP contribution in [0.5, 0.6) is 0 Å². The molecule has 1 aromatic carbocycles. The van der Waals surface area contributed by atoms with Crippen LogP contribution in [0.15, 0.2) is 22.7 Å². The van der Waals surface area contributed by atoms with Gasteiger partial charge in [0.15, 0.2) is 0 Å². The Balaban J connectivity index is 2.69. The molecule has 4 heteroatoms. The molecule has 1 unspecified atom stereocenters. The van der Waals surface area contributed by atoms with Crippen molar-refractivity contribution >= 4 is 21.8 Å². The third-order valence-corrected chi connectivity index (χ3v) is 3.79. The maximum Gasteiger partial charge on any atom is 0.251 e. The van der Waals surface area contributed by atoms with Crippen molar-refractivity contribution in [1.29, 1.82) is 0 Å². The highest BCUT2D eigenvalue weighted by Gasteiger charge is 2.20. The number of nitrogens with one attached hydrogen (secondary N) is 1. The molecule has 0 heterocycles. The summed E-state index contributed by atoms with van der Waals surface area (Å²) in [5, 5.41) is 12.8. The number of carbonyl (C=O) groups is 1. The number of carbonyl (C=O) groups excluding carboxylic acids is 1. The van der Waals surface area contributed by atoms with Crippen molar-refractivity contribution in [1.82, 2.24) is 5.32 Å². The average molecular weight is 314 g/mol. The van der Waals surface area contributed by atoms with E-state index in [0.717, 1.165) is 16.5 Å². The van der Waals surface area contributed by atoms with Crippen molar-refractivity contribution in [2.75, 3.05) is 6.54 Å². The first-order valence-corrected chi connectivity index (χ1v) is 6.92. The Bertz CT molecular complexity index is 430. The summed E-state index contributed by atoms with van der Waals surface area (Å²) in [4.78, 5) is 12.0. The van der Waals surface area contributed by atoms with Gasteiger partial charge in [0.25, 0.3) is 5.91 Å². The third-order valence-electron chi connectivity index (χ3n) is 2.93. The fourth-order valence-electron chi connectivity index (χ4n) is 1.85. The van der Waals surface area contributed by atoms with Crippen molar-refractivity contribution in [3.63, 3.8) is 0 Å². The maximum atomic E-state index is 12.0. The van der Waals surface area contributed by atoms with E-state index in [0.29, 0.717) is 12.0 Å². The zero-order chi connectivity index (χ0) is 13.8. The average Bonchev–Trinajstić information content (AvgIpc) is 2.30. The molecule has 2 N–H and O–H groups in total. The van der Waals surface area contributed by atoms with Gasteiger partial charge in [-0.25, -0.2) is 0 Å². The van der Waals surface area contributed by atoms with E-state index in [9.17, 15) is 9.90 Å². The molecule has 1 amide bonds. The number of rotatable bonds is 5. The second-order valence-electron chi connectivity index (χ2n) is 4.84. The molecule has 0 fully saturated rings. The lowest BCUT2D eigenvalue weighted by Gasteiger charge is -2.23. The number of hydrogen-bond acceptors (Lipinski definition) is 2. The molecule has 0 radical (unpaired) electrons.